The first-order valence-electron chi connectivity index (χ1n) is 5.35. The van der Waals surface area contributed by atoms with Crippen LogP contribution in [0.25, 0.3) is 11.0 Å². The summed E-state index contributed by atoms with van der Waals surface area (Å²) in [6, 6.07) is 15.3. The third kappa shape index (κ3) is 2.08. The van der Waals surface area contributed by atoms with Crippen LogP contribution in [0.1, 0.15) is 0 Å². The van der Waals surface area contributed by atoms with Crippen molar-refractivity contribution in [2.75, 3.05) is 0 Å². The van der Waals surface area contributed by atoms with E-state index in [9.17, 15) is 0 Å². The number of ether oxygens (including phenoxy) is 1. The maximum atomic E-state index is 5.68. The van der Waals surface area contributed by atoms with Crippen LogP contribution in [-0.2, 0) is 0 Å². The topological polar surface area (TPSA) is 35.0 Å². The Morgan fingerprint density at radius 1 is 0.765 bits per heavy atom. The molecule has 0 amide bonds. The van der Waals surface area contributed by atoms with E-state index in [4.69, 9.17) is 4.74 Å². The molecule has 0 spiro atoms. The quantitative estimate of drug-likeness (QED) is 0.666. The lowest BCUT2D eigenvalue weighted by Crippen LogP contribution is -1.87. The summed E-state index contributed by atoms with van der Waals surface area (Å²) in [6.07, 6.45) is 3.45. The van der Waals surface area contributed by atoms with E-state index in [-0.39, 0.29) is 0 Å². The summed E-state index contributed by atoms with van der Waals surface area (Å²) in [4.78, 5) is 8.53. The van der Waals surface area contributed by atoms with Crippen LogP contribution >= 0.6 is 0 Å². The zero-order chi connectivity index (χ0) is 11.5. The number of fused-ring (bicyclic) bond motifs is 1. The number of hydrogen-bond acceptors (Lipinski definition) is 3. The lowest BCUT2D eigenvalue weighted by atomic mass is 10.3. The Labute approximate surface area is 98.7 Å². The van der Waals surface area contributed by atoms with Crippen molar-refractivity contribution in [3.05, 3.63) is 60.9 Å². The molecule has 3 aromatic rings. The summed E-state index contributed by atoms with van der Waals surface area (Å²) in [5, 5.41) is 0. The minimum absolute atomic E-state index is 0.697. The highest BCUT2D eigenvalue weighted by Crippen LogP contribution is 2.22. The Morgan fingerprint density at radius 2 is 1.65 bits per heavy atom. The predicted molar refractivity (Wildman–Crippen MR) is 66.1 cm³/mol. The lowest BCUT2D eigenvalue weighted by molar-refractivity contribution is 0.481. The monoisotopic (exact) mass is 222 g/mol. The Hall–Kier alpha value is -2.42. The van der Waals surface area contributed by atoms with E-state index < -0.39 is 0 Å². The summed E-state index contributed by atoms with van der Waals surface area (Å²) in [6.45, 7) is 0. The Morgan fingerprint density at radius 3 is 2.53 bits per heavy atom. The molecule has 0 fully saturated rings. The minimum Gasteiger partial charge on any atom is -0.456 e. The van der Waals surface area contributed by atoms with Crippen molar-refractivity contribution in [3.63, 3.8) is 0 Å². The number of aromatic nitrogens is 2. The fraction of sp³-hybridized carbons (Fsp3) is 0. The molecule has 0 atom stereocenters. The molecule has 2 heterocycles. The molecule has 1 aromatic carbocycles. The third-order valence-electron chi connectivity index (χ3n) is 2.40. The molecule has 0 saturated carbocycles. The van der Waals surface area contributed by atoms with Crippen molar-refractivity contribution < 1.29 is 4.74 Å². The predicted octanol–water partition coefficient (Wildman–Crippen LogP) is 3.42. The second-order valence-electron chi connectivity index (χ2n) is 3.63. The molecular formula is C14H10N2O. The van der Waals surface area contributed by atoms with Crippen molar-refractivity contribution in [3.8, 4) is 11.5 Å². The van der Waals surface area contributed by atoms with Crippen LogP contribution < -0.4 is 4.74 Å². The van der Waals surface area contributed by atoms with Gasteiger partial charge in [-0.25, -0.2) is 0 Å². The van der Waals surface area contributed by atoms with Crippen molar-refractivity contribution in [1.29, 1.82) is 0 Å². The molecule has 0 bridgehead atoms. The molecule has 0 aliphatic heterocycles. The normalized spacial score (nSPS) is 10.4. The summed E-state index contributed by atoms with van der Waals surface area (Å²) in [7, 11) is 0. The van der Waals surface area contributed by atoms with Crippen LogP contribution in [-0.4, -0.2) is 9.97 Å². The van der Waals surface area contributed by atoms with Crippen LogP contribution in [0.5, 0.6) is 11.5 Å². The molecule has 3 heteroatoms. The van der Waals surface area contributed by atoms with Gasteiger partial charge in [-0.05, 0) is 24.3 Å². The average Bonchev–Trinajstić information content (AvgIpc) is 2.40. The number of benzene rings is 1. The molecule has 82 valence electrons. The van der Waals surface area contributed by atoms with E-state index >= 15 is 0 Å². The molecule has 17 heavy (non-hydrogen) atoms. The summed E-state index contributed by atoms with van der Waals surface area (Å²) >= 11 is 0. The number of nitrogens with zero attached hydrogens (tertiary/aromatic N) is 2. The first-order valence-corrected chi connectivity index (χ1v) is 5.35. The second-order valence-corrected chi connectivity index (χ2v) is 3.63. The smallest absolute Gasteiger partial charge is 0.147 e. The summed E-state index contributed by atoms with van der Waals surface area (Å²) in [5.74, 6) is 1.49. The zero-order valence-electron chi connectivity index (χ0n) is 9.08. The van der Waals surface area contributed by atoms with E-state index in [2.05, 4.69) is 9.97 Å². The molecule has 0 saturated heterocycles. The van der Waals surface area contributed by atoms with Gasteiger partial charge >= 0.3 is 0 Å². The van der Waals surface area contributed by atoms with Gasteiger partial charge in [0.25, 0.3) is 0 Å². The lowest BCUT2D eigenvalue weighted by Gasteiger charge is -2.05. The van der Waals surface area contributed by atoms with Gasteiger partial charge in [0, 0.05) is 12.3 Å². The van der Waals surface area contributed by atoms with Gasteiger partial charge in [-0.15, -0.1) is 0 Å². The molecule has 3 rings (SSSR count). The fourth-order valence-electron chi connectivity index (χ4n) is 1.62. The van der Waals surface area contributed by atoms with Crippen LogP contribution in [0.4, 0.5) is 0 Å². The van der Waals surface area contributed by atoms with Gasteiger partial charge in [-0.3, -0.25) is 9.97 Å². The van der Waals surface area contributed by atoms with Crippen molar-refractivity contribution in [2.45, 2.75) is 0 Å². The van der Waals surface area contributed by atoms with E-state index in [1.165, 1.54) is 0 Å². The SMILES string of the molecule is c1ccc(Oc2cnc3cccnc3c2)cc1. The molecule has 0 aliphatic rings. The van der Waals surface area contributed by atoms with Crippen LogP contribution in [0.15, 0.2) is 60.9 Å². The van der Waals surface area contributed by atoms with Gasteiger partial charge in [-0.1, -0.05) is 18.2 Å². The highest BCUT2D eigenvalue weighted by molar-refractivity contribution is 5.74. The van der Waals surface area contributed by atoms with Crippen LogP contribution in [0, 0.1) is 0 Å². The fourth-order valence-corrected chi connectivity index (χ4v) is 1.62. The van der Waals surface area contributed by atoms with Crippen molar-refractivity contribution >= 4 is 11.0 Å². The summed E-state index contributed by atoms with van der Waals surface area (Å²) in [5.41, 5.74) is 1.70. The minimum atomic E-state index is 0.697. The van der Waals surface area contributed by atoms with Gasteiger partial charge in [-0.2, -0.15) is 0 Å². The third-order valence-corrected chi connectivity index (χ3v) is 2.40. The molecule has 0 radical (unpaired) electrons. The first-order chi connectivity index (χ1) is 8.42. The van der Waals surface area contributed by atoms with E-state index in [1.54, 1.807) is 12.4 Å². The Balaban J connectivity index is 1.96. The maximum absolute atomic E-state index is 5.68. The molecular weight excluding hydrogens is 212 g/mol. The first kappa shape index (κ1) is 9.78. The maximum Gasteiger partial charge on any atom is 0.147 e. The number of para-hydroxylation sites is 1. The standard InChI is InChI=1S/C14H10N2O/c1-2-5-11(6-3-1)17-12-9-14-13(16-10-12)7-4-8-15-14/h1-10H. The van der Waals surface area contributed by atoms with Crippen molar-refractivity contribution in [1.82, 2.24) is 9.97 Å². The highest BCUT2D eigenvalue weighted by atomic mass is 16.5. The largest absolute Gasteiger partial charge is 0.456 e. The van der Waals surface area contributed by atoms with Gasteiger partial charge in [0.1, 0.15) is 11.5 Å². The zero-order valence-corrected chi connectivity index (χ0v) is 9.08. The molecule has 0 N–H and O–H groups in total. The van der Waals surface area contributed by atoms with E-state index in [1.807, 2.05) is 48.5 Å². The number of pyridine rings is 2. The summed E-state index contributed by atoms with van der Waals surface area (Å²) < 4.78 is 5.68. The van der Waals surface area contributed by atoms with E-state index in [0.717, 1.165) is 16.8 Å². The Bertz CT molecular complexity index is 638. The molecule has 3 nitrogen and oxygen atoms in total. The Kier molecular flexibility index (Phi) is 2.43. The van der Waals surface area contributed by atoms with Crippen molar-refractivity contribution in [2.24, 2.45) is 0 Å². The second kappa shape index (κ2) is 4.22. The number of rotatable bonds is 2. The van der Waals surface area contributed by atoms with E-state index in [0.29, 0.717) is 5.75 Å². The molecule has 2 aromatic heterocycles. The van der Waals surface area contributed by atoms with Crippen LogP contribution in [0.2, 0.25) is 0 Å². The van der Waals surface area contributed by atoms with Crippen LogP contribution in [0.3, 0.4) is 0 Å². The van der Waals surface area contributed by atoms with Gasteiger partial charge in [0.05, 0.1) is 17.2 Å². The number of hydrogen-bond donors (Lipinski definition) is 0. The molecule has 0 unspecified atom stereocenters. The average molecular weight is 222 g/mol. The molecule has 0 aliphatic carbocycles. The highest BCUT2D eigenvalue weighted by Gasteiger charge is 2.00. The van der Waals surface area contributed by atoms with Gasteiger partial charge < -0.3 is 4.74 Å². The van der Waals surface area contributed by atoms with Gasteiger partial charge in [0.15, 0.2) is 0 Å². The van der Waals surface area contributed by atoms with Gasteiger partial charge in [0.2, 0.25) is 0 Å².